The van der Waals surface area contributed by atoms with E-state index < -0.39 is 49.1 Å². The van der Waals surface area contributed by atoms with Gasteiger partial charge in [0.25, 0.3) is 5.56 Å². The Morgan fingerprint density at radius 3 is 2.39 bits per heavy atom. The van der Waals surface area contributed by atoms with E-state index >= 15 is 0 Å². The maximum atomic E-state index is 12.5. The summed E-state index contributed by atoms with van der Waals surface area (Å²) in [6.07, 6.45) is -8.67. The molecule has 23 heavy (non-hydrogen) atoms. The Morgan fingerprint density at radius 1 is 1.17 bits per heavy atom. The molecule has 0 bridgehead atoms. The third-order valence-electron chi connectivity index (χ3n) is 2.46. The van der Waals surface area contributed by atoms with Crippen molar-refractivity contribution in [3.8, 4) is 0 Å². The highest BCUT2D eigenvalue weighted by Crippen LogP contribution is 2.27. The van der Waals surface area contributed by atoms with Crippen LogP contribution in [0.5, 0.6) is 0 Å². The number of halogens is 6. The second-order valence-corrected chi connectivity index (χ2v) is 4.40. The minimum absolute atomic E-state index is 0.275. The molecule has 0 fully saturated rings. The Kier molecular flexibility index (Phi) is 6.19. The number of nitrogens with one attached hydrogen (secondary N) is 1. The lowest BCUT2D eigenvalue weighted by Gasteiger charge is -2.11. The molecule has 1 rings (SSSR count). The molecule has 1 aromatic rings. The van der Waals surface area contributed by atoms with Crippen molar-refractivity contribution in [1.82, 2.24) is 9.88 Å². The van der Waals surface area contributed by atoms with E-state index in [1.807, 2.05) is 0 Å². The molecule has 0 radical (unpaired) electrons. The first-order chi connectivity index (χ1) is 10.5. The lowest BCUT2D eigenvalue weighted by atomic mass is 10.3. The number of hydrogen-bond donors (Lipinski definition) is 1. The number of alkyl halides is 6. The molecule has 0 saturated heterocycles. The Bertz CT molecular complexity index is 594. The quantitative estimate of drug-likeness (QED) is 0.628. The van der Waals surface area contributed by atoms with Crippen molar-refractivity contribution in [2.75, 3.05) is 19.8 Å². The fourth-order valence-electron chi connectivity index (χ4n) is 1.48. The van der Waals surface area contributed by atoms with Crippen molar-refractivity contribution in [3.05, 3.63) is 34.2 Å². The Morgan fingerprint density at radius 2 is 1.83 bits per heavy atom. The van der Waals surface area contributed by atoms with E-state index in [4.69, 9.17) is 0 Å². The number of rotatable bonds is 6. The summed E-state index contributed by atoms with van der Waals surface area (Å²) in [7, 11) is 0. The molecule has 0 unspecified atom stereocenters. The van der Waals surface area contributed by atoms with E-state index in [2.05, 4.69) is 10.1 Å². The van der Waals surface area contributed by atoms with E-state index in [0.717, 1.165) is 0 Å². The molecular weight excluding hydrogens is 334 g/mol. The normalized spacial score (nSPS) is 12.3. The number of nitrogens with zero attached hydrogens (tertiary/aromatic N) is 1. The molecule has 0 spiro atoms. The fraction of sp³-hybridized carbons (Fsp3) is 0.500. The van der Waals surface area contributed by atoms with Gasteiger partial charge in [-0.15, -0.1) is 0 Å². The molecule has 0 aliphatic carbocycles. The predicted molar refractivity (Wildman–Crippen MR) is 65.6 cm³/mol. The molecule has 1 N–H and O–H groups in total. The van der Waals surface area contributed by atoms with Gasteiger partial charge < -0.3 is 14.6 Å². The van der Waals surface area contributed by atoms with E-state index in [-0.39, 0.29) is 6.54 Å². The molecule has 130 valence electrons. The summed E-state index contributed by atoms with van der Waals surface area (Å²) in [5.41, 5.74) is -1.92. The van der Waals surface area contributed by atoms with Crippen molar-refractivity contribution >= 4 is 5.91 Å². The van der Waals surface area contributed by atoms with Crippen LogP contribution < -0.4 is 10.9 Å². The van der Waals surface area contributed by atoms with Gasteiger partial charge in [0.05, 0.1) is 12.2 Å². The van der Waals surface area contributed by atoms with Crippen molar-refractivity contribution < 1.29 is 35.9 Å². The topological polar surface area (TPSA) is 60.3 Å². The molecule has 11 heteroatoms. The van der Waals surface area contributed by atoms with Crippen LogP contribution in [0.3, 0.4) is 0 Å². The first-order valence-corrected chi connectivity index (χ1v) is 6.18. The molecule has 0 atom stereocenters. The van der Waals surface area contributed by atoms with Crippen LogP contribution in [0, 0.1) is 0 Å². The molecule has 0 aromatic carbocycles. The summed E-state index contributed by atoms with van der Waals surface area (Å²) in [5.74, 6) is -0.831. The predicted octanol–water partition coefficient (Wildman–Crippen LogP) is 1.56. The van der Waals surface area contributed by atoms with Gasteiger partial charge in [0.15, 0.2) is 0 Å². The number of carbonyl (C=O) groups is 1. The highest BCUT2D eigenvalue weighted by molar-refractivity contribution is 5.75. The zero-order valence-electron chi connectivity index (χ0n) is 11.5. The summed E-state index contributed by atoms with van der Waals surface area (Å²) in [4.78, 5) is 22.8. The summed E-state index contributed by atoms with van der Waals surface area (Å²) < 4.78 is 77.6. The van der Waals surface area contributed by atoms with Gasteiger partial charge in [-0.2, -0.15) is 26.3 Å². The molecule has 0 saturated carbocycles. The lowest BCUT2D eigenvalue weighted by Crippen LogP contribution is -2.34. The van der Waals surface area contributed by atoms with E-state index in [9.17, 15) is 35.9 Å². The summed E-state index contributed by atoms with van der Waals surface area (Å²) >= 11 is 0. The van der Waals surface area contributed by atoms with Crippen molar-refractivity contribution in [2.45, 2.75) is 18.9 Å². The van der Waals surface area contributed by atoms with Crippen LogP contribution in [-0.4, -0.2) is 36.4 Å². The van der Waals surface area contributed by atoms with Gasteiger partial charge >= 0.3 is 12.4 Å². The molecule has 0 aliphatic heterocycles. The Labute approximate surface area is 125 Å². The zero-order valence-corrected chi connectivity index (χ0v) is 11.5. The lowest BCUT2D eigenvalue weighted by molar-refractivity contribution is -0.173. The van der Waals surface area contributed by atoms with Crippen LogP contribution in [0.1, 0.15) is 5.56 Å². The maximum absolute atomic E-state index is 12.5. The first kappa shape index (κ1) is 19.0. The van der Waals surface area contributed by atoms with Crippen molar-refractivity contribution in [2.24, 2.45) is 0 Å². The van der Waals surface area contributed by atoms with Crippen LogP contribution in [0.25, 0.3) is 0 Å². The van der Waals surface area contributed by atoms with E-state index in [1.165, 1.54) is 0 Å². The van der Waals surface area contributed by atoms with Gasteiger partial charge in [-0.3, -0.25) is 9.59 Å². The third-order valence-corrected chi connectivity index (χ3v) is 2.46. The largest absolute Gasteiger partial charge is 0.417 e. The summed E-state index contributed by atoms with van der Waals surface area (Å²) in [6, 6.07) is 1.25. The minimum Gasteiger partial charge on any atom is -0.370 e. The summed E-state index contributed by atoms with van der Waals surface area (Å²) in [5, 5.41) is 2.13. The Hall–Kier alpha value is -2.04. The molecule has 0 aliphatic rings. The monoisotopic (exact) mass is 346 g/mol. The highest BCUT2D eigenvalue weighted by atomic mass is 19.4. The van der Waals surface area contributed by atoms with Crippen LogP contribution >= 0.6 is 0 Å². The second-order valence-electron chi connectivity index (χ2n) is 4.40. The standard InChI is InChI=1S/C12H12F6N2O3/c13-11(14,15)7-23-4-3-19-9(21)6-20-5-8(12(16,17)18)1-2-10(20)22/h1-2,5H,3-4,6-7H2,(H,19,21). The highest BCUT2D eigenvalue weighted by Gasteiger charge is 2.31. The number of aromatic nitrogens is 1. The van der Waals surface area contributed by atoms with E-state index in [1.54, 1.807) is 0 Å². The second kappa shape index (κ2) is 7.49. The van der Waals surface area contributed by atoms with Gasteiger partial charge in [0, 0.05) is 18.8 Å². The SMILES string of the molecule is O=C(Cn1cc(C(F)(F)F)ccc1=O)NCCOCC(F)(F)F. The average Bonchev–Trinajstić information content (AvgIpc) is 2.38. The number of hydrogen-bond acceptors (Lipinski definition) is 3. The van der Waals surface area contributed by atoms with Crippen LogP contribution in [0.2, 0.25) is 0 Å². The van der Waals surface area contributed by atoms with Gasteiger partial charge in [-0.25, -0.2) is 0 Å². The molecule has 1 aromatic heterocycles. The first-order valence-electron chi connectivity index (χ1n) is 6.18. The van der Waals surface area contributed by atoms with Crippen LogP contribution in [-0.2, 0) is 22.3 Å². The zero-order chi connectivity index (χ0) is 17.7. The van der Waals surface area contributed by atoms with Crippen molar-refractivity contribution in [1.29, 1.82) is 0 Å². The average molecular weight is 346 g/mol. The Balaban J connectivity index is 2.50. The smallest absolute Gasteiger partial charge is 0.370 e. The van der Waals surface area contributed by atoms with Gasteiger partial charge in [0.1, 0.15) is 13.2 Å². The fourth-order valence-corrected chi connectivity index (χ4v) is 1.48. The molecular formula is C12H12F6N2O3. The number of amides is 1. The summed E-state index contributed by atoms with van der Waals surface area (Å²) in [6.45, 7) is -2.87. The van der Waals surface area contributed by atoms with Gasteiger partial charge in [0.2, 0.25) is 5.91 Å². The van der Waals surface area contributed by atoms with Crippen LogP contribution in [0.4, 0.5) is 26.3 Å². The van der Waals surface area contributed by atoms with Crippen LogP contribution in [0.15, 0.2) is 23.1 Å². The number of ether oxygens (including phenoxy) is 1. The van der Waals surface area contributed by atoms with E-state index in [0.29, 0.717) is 22.9 Å². The minimum atomic E-state index is -4.67. The maximum Gasteiger partial charge on any atom is 0.417 e. The van der Waals surface area contributed by atoms with Gasteiger partial charge in [-0.05, 0) is 6.07 Å². The number of carbonyl (C=O) groups excluding carboxylic acids is 1. The molecule has 5 nitrogen and oxygen atoms in total. The molecule has 1 amide bonds. The third kappa shape index (κ3) is 7.17. The van der Waals surface area contributed by atoms with Gasteiger partial charge in [-0.1, -0.05) is 0 Å². The molecule has 1 heterocycles. The number of pyridine rings is 1. The van der Waals surface area contributed by atoms with Crippen molar-refractivity contribution in [3.63, 3.8) is 0 Å².